The molecule has 0 bridgehead atoms. The van der Waals surface area contributed by atoms with Gasteiger partial charge in [-0.25, -0.2) is 4.98 Å². The van der Waals surface area contributed by atoms with Crippen molar-refractivity contribution in [1.82, 2.24) is 14.9 Å². The van der Waals surface area contributed by atoms with Gasteiger partial charge in [0.15, 0.2) is 0 Å². The molecule has 0 atom stereocenters. The molecule has 6 nitrogen and oxygen atoms in total. The molecule has 3 rings (SSSR count). The molecule has 0 aliphatic heterocycles. The molecule has 0 unspecified atom stereocenters. The molecule has 0 aliphatic rings. The van der Waals surface area contributed by atoms with E-state index in [1.165, 1.54) is 0 Å². The Morgan fingerprint density at radius 2 is 1.83 bits per heavy atom. The molecule has 152 valence electrons. The number of amides is 1. The first-order valence-corrected chi connectivity index (χ1v) is 9.73. The van der Waals surface area contributed by atoms with Gasteiger partial charge in [0.05, 0.1) is 31.3 Å². The van der Waals surface area contributed by atoms with Crippen molar-refractivity contribution in [2.75, 3.05) is 13.7 Å². The number of carbonyl (C=O) groups excluding carboxylic acids is 1. The third-order valence-electron chi connectivity index (χ3n) is 4.63. The summed E-state index contributed by atoms with van der Waals surface area (Å²) in [7, 11) is 1.65. The van der Waals surface area contributed by atoms with Gasteiger partial charge < -0.3 is 19.4 Å². The summed E-state index contributed by atoms with van der Waals surface area (Å²) in [5, 5.41) is 2.88. The van der Waals surface area contributed by atoms with E-state index >= 15 is 0 Å². The van der Waals surface area contributed by atoms with Crippen LogP contribution >= 0.6 is 0 Å². The SMILES string of the molecule is C=C(C)C(=O)NCc1nc2ccccc2n1CCCCOc1ccc(OC)cc1. The van der Waals surface area contributed by atoms with E-state index in [9.17, 15) is 4.79 Å². The van der Waals surface area contributed by atoms with Crippen molar-refractivity contribution in [2.45, 2.75) is 32.9 Å². The van der Waals surface area contributed by atoms with Gasteiger partial charge in [0.25, 0.3) is 0 Å². The van der Waals surface area contributed by atoms with Crippen LogP contribution in [0.4, 0.5) is 0 Å². The van der Waals surface area contributed by atoms with Crippen LogP contribution in [0.25, 0.3) is 11.0 Å². The highest BCUT2D eigenvalue weighted by Crippen LogP contribution is 2.19. The average Bonchev–Trinajstić information content (AvgIpc) is 3.09. The van der Waals surface area contributed by atoms with Crippen LogP contribution < -0.4 is 14.8 Å². The topological polar surface area (TPSA) is 65.4 Å². The number of methoxy groups -OCH3 is 1. The first-order chi connectivity index (χ1) is 14.1. The maximum atomic E-state index is 11.8. The first kappa shape index (κ1) is 20.5. The number of hydrogen-bond donors (Lipinski definition) is 1. The number of para-hydroxylation sites is 2. The normalized spacial score (nSPS) is 10.7. The van der Waals surface area contributed by atoms with E-state index < -0.39 is 0 Å². The number of carbonyl (C=O) groups is 1. The maximum Gasteiger partial charge on any atom is 0.246 e. The largest absolute Gasteiger partial charge is 0.497 e. The lowest BCUT2D eigenvalue weighted by atomic mass is 10.3. The lowest BCUT2D eigenvalue weighted by Crippen LogP contribution is -2.25. The zero-order chi connectivity index (χ0) is 20.6. The summed E-state index contributed by atoms with van der Waals surface area (Å²) < 4.78 is 13.1. The highest BCUT2D eigenvalue weighted by Gasteiger charge is 2.11. The monoisotopic (exact) mass is 393 g/mol. The molecular formula is C23H27N3O3. The zero-order valence-corrected chi connectivity index (χ0v) is 17.0. The van der Waals surface area contributed by atoms with Crippen molar-refractivity contribution >= 4 is 16.9 Å². The van der Waals surface area contributed by atoms with Gasteiger partial charge in [-0.05, 0) is 56.2 Å². The van der Waals surface area contributed by atoms with Crippen molar-refractivity contribution in [3.05, 3.63) is 66.5 Å². The van der Waals surface area contributed by atoms with Crippen LogP contribution in [0.2, 0.25) is 0 Å². The Balaban J connectivity index is 1.57. The van der Waals surface area contributed by atoms with E-state index in [0.29, 0.717) is 18.7 Å². The minimum atomic E-state index is -0.156. The van der Waals surface area contributed by atoms with Crippen molar-refractivity contribution < 1.29 is 14.3 Å². The van der Waals surface area contributed by atoms with E-state index in [0.717, 1.165) is 47.7 Å². The minimum absolute atomic E-state index is 0.156. The van der Waals surface area contributed by atoms with Crippen LogP contribution in [0.5, 0.6) is 11.5 Å². The molecule has 2 aromatic carbocycles. The second-order valence-corrected chi connectivity index (χ2v) is 6.86. The summed E-state index contributed by atoms with van der Waals surface area (Å²) >= 11 is 0. The number of ether oxygens (including phenoxy) is 2. The van der Waals surface area contributed by atoms with Crippen molar-refractivity contribution in [3.8, 4) is 11.5 Å². The fraction of sp³-hybridized carbons (Fsp3) is 0.304. The highest BCUT2D eigenvalue weighted by atomic mass is 16.5. The van der Waals surface area contributed by atoms with Crippen LogP contribution in [-0.2, 0) is 17.9 Å². The predicted octanol–water partition coefficient (Wildman–Crippen LogP) is 4.10. The third kappa shape index (κ3) is 5.38. The molecule has 1 amide bonds. The first-order valence-electron chi connectivity index (χ1n) is 9.73. The number of rotatable bonds is 10. The predicted molar refractivity (Wildman–Crippen MR) is 114 cm³/mol. The molecular weight excluding hydrogens is 366 g/mol. The Morgan fingerprint density at radius 1 is 1.10 bits per heavy atom. The molecule has 29 heavy (non-hydrogen) atoms. The number of aromatic nitrogens is 2. The van der Waals surface area contributed by atoms with E-state index in [4.69, 9.17) is 9.47 Å². The second-order valence-electron chi connectivity index (χ2n) is 6.86. The van der Waals surface area contributed by atoms with E-state index in [1.807, 2.05) is 42.5 Å². The Labute approximate surface area is 171 Å². The van der Waals surface area contributed by atoms with Gasteiger partial charge >= 0.3 is 0 Å². The fourth-order valence-corrected chi connectivity index (χ4v) is 3.05. The van der Waals surface area contributed by atoms with Gasteiger partial charge in [0, 0.05) is 12.1 Å². The lowest BCUT2D eigenvalue weighted by Gasteiger charge is -2.11. The molecule has 1 N–H and O–H groups in total. The highest BCUT2D eigenvalue weighted by molar-refractivity contribution is 5.92. The summed E-state index contributed by atoms with van der Waals surface area (Å²) in [6.45, 7) is 7.20. The summed E-state index contributed by atoms with van der Waals surface area (Å²) in [6, 6.07) is 15.6. The number of unbranched alkanes of at least 4 members (excludes halogenated alkanes) is 1. The number of aryl methyl sites for hydroxylation is 1. The Morgan fingerprint density at radius 3 is 2.55 bits per heavy atom. The second kappa shape index (κ2) is 9.78. The molecule has 0 aliphatic carbocycles. The van der Waals surface area contributed by atoms with E-state index in [2.05, 4.69) is 27.5 Å². The number of nitrogens with zero attached hydrogens (tertiary/aromatic N) is 2. The van der Waals surface area contributed by atoms with Gasteiger partial charge in [0.1, 0.15) is 17.3 Å². The Kier molecular flexibility index (Phi) is 6.89. The number of hydrogen-bond acceptors (Lipinski definition) is 4. The third-order valence-corrected chi connectivity index (χ3v) is 4.63. The zero-order valence-electron chi connectivity index (χ0n) is 17.0. The standard InChI is InChI=1S/C23H27N3O3/c1-17(2)23(27)24-16-22-25-20-8-4-5-9-21(20)26(22)14-6-7-15-29-19-12-10-18(28-3)11-13-19/h4-5,8-13H,1,6-7,14-16H2,2-3H3,(H,24,27). The maximum absolute atomic E-state index is 11.8. The fourth-order valence-electron chi connectivity index (χ4n) is 3.05. The van der Waals surface area contributed by atoms with Crippen molar-refractivity contribution in [3.63, 3.8) is 0 Å². The van der Waals surface area contributed by atoms with Crippen LogP contribution in [0.15, 0.2) is 60.7 Å². The van der Waals surface area contributed by atoms with Crippen LogP contribution in [0.3, 0.4) is 0 Å². The minimum Gasteiger partial charge on any atom is -0.497 e. The van der Waals surface area contributed by atoms with E-state index in [1.54, 1.807) is 14.0 Å². The number of benzene rings is 2. The van der Waals surface area contributed by atoms with Crippen LogP contribution in [-0.4, -0.2) is 29.2 Å². The van der Waals surface area contributed by atoms with E-state index in [-0.39, 0.29) is 5.91 Å². The van der Waals surface area contributed by atoms with Gasteiger partial charge in [-0.3, -0.25) is 4.79 Å². The van der Waals surface area contributed by atoms with Crippen LogP contribution in [0.1, 0.15) is 25.6 Å². The molecule has 1 heterocycles. The summed E-state index contributed by atoms with van der Waals surface area (Å²) in [4.78, 5) is 16.5. The van der Waals surface area contributed by atoms with Gasteiger partial charge in [-0.15, -0.1) is 0 Å². The Bertz CT molecular complexity index is 977. The molecule has 0 spiro atoms. The molecule has 6 heteroatoms. The lowest BCUT2D eigenvalue weighted by molar-refractivity contribution is -0.117. The molecule has 0 saturated heterocycles. The summed E-state index contributed by atoms with van der Waals surface area (Å²) in [5.41, 5.74) is 2.49. The smallest absolute Gasteiger partial charge is 0.246 e. The number of imidazole rings is 1. The molecule has 0 saturated carbocycles. The number of fused-ring (bicyclic) bond motifs is 1. The summed E-state index contributed by atoms with van der Waals surface area (Å²) in [6.07, 6.45) is 1.86. The van der Waals surface area contributed by atoms with Gasteiger partial charge in [0.2, 0.25) is 5.91 Å². The Hall–Kier alpha value is -3.28. The molecule has 0 fully saturated rings. The quantitative estimate of drug-likeness (QED) is 0.416. The van der Waals surface area contributed by atoms with Crippen LogP contribution in [0, 0.1) is 0 Å². The average molecular weight is 393 g/mol. The van der Waals surface area contributed by atoms with Gasteiger partial charge in [-0.1, -0.05) is 18.7 Å². The molecule has 0 radical (unpaired) electrons. The number of nitrogens with one attached hydrogen (secondary N) is 1. The van der Waals surface area contributed by atoms with Crippen molar-refractivity contribution in [2.24, 2.45) is 0 Å². The summed E-state index contributed by atoms with van der Waals surface area (Å²) in [5.74, 6) is 2.34. The van der Waals surface area contributed by atoms with Gasteiger partial charge in [-0.2, -0.15) is 0 Å². The molecule has 1 aromatic heterocycles. The molecule has 3 aromatic rings. The van der Waals surface area contributed by atoms with Crippen molar-refractivity contribution in [1.29, 1.82) is 0 Å².